The van der Waals surface area contributed by atoms with E-state index in [0.717, 1.165) is 12.0 Å². The van der Waals surface area contributed by atoms with E-state index in [0.29, 0.717) is 32.5 Å². The fourth-order valence-electron chi connectivity index (χ4n) is 4.52. The summed E-state index contributed by atoms with van der Waals surface area (Å²) in [6.45, 7) is 1.68. The van der Waals surface area contributed by atoms with Gasteiger partial charge in [-0.2, -0.15) is 0 Å². The number of hydrogen-bond acceptors (Lipinski definition) is 3. The Balaban J connectivity index is 1.40. The number of aliphatic carboxylic acids is 1. The molecule has 134 valence electrons. The summed E-state index contributed by atoms with van der Waals surface area (Å²) < 4.78 is 19.2. The lowest BCUT2D eigenvalue weighted by atomic mass is 9.90. The second-order valence-electron chi connectivity index (χ2n) is 7.40. The molecule has 1 aromatic carbocycles. The van der Waals surface area contributed by atoms with Crippen LogP contribution >= 0.6 is 0 Å². The minimum Gasteiger partial charge on any atom is -0.481 e. The highest BCUT2D eigenvalue weighted by Gasteiger charge is 2.57. The van der Waals surface area contributed by atoms with Gasteiger partial charge < -0.3 is 14.7 Å². The first-order chi connectivity index (χ1) is 12.0. The fraction of sp³-hybridized carbons (Fsp3) is 0.579. The minimum absolute atomic E-state index is 0.0965. The minimum atomic E-state index is -0.735. The molecular formula is C19H22FNO4. The quantitative estimate of drug-likeness (QED) is 0.912. The number of fused-ring (bicyclic) bond motifs is 1. The van der Waals surface area contributed by atoms with Crippen LogP contribution in [0.1, 0.15) is 30.9 Å². The van der Waals surface area contributed by atoms with Gasteiger partial charge in [0, 0.05) is 25.6 Å². The molecule has 4 rings (SSSR count). The Kier molecular flexibility index (Phi) is 4.23. The molecule has 1 aromatic rings. The van der Waals surface area contributed by atoms with Crippen LogP contribution in [0.2, 0.25) is 0 Å². The van der Waals surface area contributed by atoms with Crippen molar-refractivity contribution in [2.75, 3.05) is 19.7 Å². The Hall–Kier alpha value is -1.95. The largest absolute Gasteiger partial charge is 0.481 e. The van der Waals surface area contributed by atoms with Crippen LogP contribution < -0.4 is 0 Å². The van der Waals surface area contributed by atoms with Crippen molar-refractivity contribution in [1.29, 1.82) is 0 Å². The van der Waals surface area contributed by atoms with Crippen molar-refractivity contribution in [1.82, 2.24) is 4.90 Å². The monoisotopic (exact) mass is 347 g/mol. The third-order valence-corrected chi connectivity index (χ3v) is 5.95. The van der Waals surface area contributed by atoms with E-state index in [-0.39, 0.29) is 41.5 Å². The average molecular weight is 347 g/mol. The van der Waals surface area contributed by atoms with E-state index in [1.54, 1.807) is 6.07 Å². The molecule has 1 amide bonds. The molecule has 2 aliphatic heterocycles. The maximum Gasteiger partial charge on any atom is 0.307 e. The van der Waals surface area contributed by atoms with Crippen LogP contribution in [-0.4, -0.2) is 41.6 Å². The molecule has 6 heteroatoms. The molecular weight excluding hydrogens is 325 g/mol. The highest BCUT2D eigenvalue weighted by atomic mass is 19.1. The zero-order valence-corrected chi connectivity index (χ0v) is 13.9. The number of hydrogen-bond donors (Lipinski definition) is 1. The predicted molar refractivity (Wildman–Crippen MR) is 87.1 cm³/mol. The third kappa shape index (κ3) is 3.15. The zero-order valence-electron chi connectivity index (χ0n) is 13.9. The van der Waals surface area contributed by atoms with Crippen LogP contribution in [0.4, 0.5) is 4.39 Å². The first kappa shape index (κ1) is 16.5. The molecule has 0 bridgehead atoms. The standard InChI is InChI=1S/C19H22FNO4/c20-13-3-1-2-11(8-13)16-9-12(5-7-25-16)18(22)21-6-4-14-15(10-21)17(14)19(23)24/h1-3,8,12,14-17H,4-7,9-10H2,(H,23,24)/t12-,14-,15+,16+,17-/m1/s1. The number of piperidine rings is 1. The number of amides is 1. The Morgan fingerprint density at radius 2 is 2.08 bits per heavy atom. The Morgan fingerprint density at radius 3 is 2.84 bits per heavy atom. The maximum atomic E-state index is 13.4. The van der Waals surface area contributed by atoms with Gasteiger partial charge in [-0.25, -0.2) is 4.39 Å². The Labute approximate surface area is 145 Å². The number of benzene rings is 1. The maximum absolute atomic E-state index is 13.4. The topological polar surface area (TPSA) is 66.8 Å². The molecule has 1 saturated carbocycles. The van der Waals surface area contributed by atoms with Crippen molar-refractivity contribution in [3.05, 3.63) is 35.6 Å². The lowest BCUT2D eigenvalue weighted by Gasteiger charge is -2.34. The number of nitrogens with zero attached hydrogens (tertiary/aromatic N) is 1. The van der Waals surface area contributed by atoms with E-state index in [1.165, 1.54) is 12.1 Å². The van der Waals surface area contributed by atoms with Crippen LogP contribution in [0.25, 0.3) is 0 Å². The molecule has 3 aliphatic rings. The molecule has 2 saturated heterocycles. The first-order valence-corrected chi connectivity index (χ1v) is 8.93. The van der Waals surface area contributed by atoms with Gasteiger partial charge in [0.1, 0.15) is 5.82 Å². The van der Waals surface area contributed by atoms with Gasteiger partial charge in [0.2, 0.25) is 5.91 Å². The van der Waals surface area contributed by atoms with Crippen LogP contribution in [0.5, 0.6) is 0 Å². The van der Waals surface area contributed by atoms with Crippen molar-refractivity contribution < 1.29 is 23.8 Å². The number of carbonyl (C=O) groups excluding carboxylic acids is 1. The summed E-state index contributed by atoms with van der Waals surface area (Å²) in [6.07, 6.45) is 1.74. The summed E-state index contributed by atoms with van der Waals surface area (Å²) in [5.41, 5.74) is 0.768. The molecule has 0 radical (unpaired) electrons. The molecule has 5 atom stereocenters. The van der Waals surface area contributed by atoms with Crippen LogP contribution in [-0.2, 0) is 14.3 Å². The van der Waals surface area contributed by atoms with E-state index in [4.69, 9.17) is 4.74 Å². The summed E-state index contributed by atoms with van der Waals surface area (Å²) in [6, 6.07) is 6.34. The second-order valence-corrected chi connectivity index (χ2v) is 7.40. The number of carboxylic acid groups (broad SMARTS) is 1. The molecule has 2 heterocycles. The van der Waals surface area contributed by atoms with Gasteiger partial charge in [-0.3, -0.25) is 9.59 Å². The highest BCUT2D eigenvalue weighted by Crippen LogP contribution is 2.52. The SMILES string of the molecule is O=C(O)[C@@H]1[C@@H]2CCN(C(=O)[C@@H]3CCO[C@H](c4cccc(F)c4)C3)C[C@@H]21. The summed E-state index contributed by atoms with van der Waals surface area (Å²) in [4.78, 5) is 25.9. The van der Waals surface area contributed by atoms with Gasteiger partial charge >= 0.3 is 5.97 Å². The Bertz CT molecular complexity index is 694. The van der Waals surface area contributed by atoms with Gasteiger partial charge in [0.25, 0.3) is 0 Å². The average Bonchev–Trinajstić information content (AvgIpc) is 3.35. The van der Waals surface area contributed by atoms with Crippen molar-refractivity contribution >= 4 is 11.9 Å². The van der Waals surface area contributed by atoms with Crippen molar-refractivity contribution in [3.8, 4) is 0 Å². The second kappa shape index (κ2) is 6.41. The van der Waals surface area contributed by atoms with Gasteiger partial charge in [-0.15, -0.1) is 0 Å². The summed E-state index contributed by atoms with van der Waals surface area (Å²) in [5, 5.41) is 9.19. The smallest absolute Gasteiger partial charge is 0.307 e. The van der Waals surface area contributed by atoms with E-state index in [1.807, 2.05) is 11.0 Å². The van der Waals surface area contributed by atoms with E-state index < -0.39 is 5.97 Å². The van der Waals surface area contributed by atoms with Crippen LogP contribution in [0.15, 0.2) is 24.3 Å². The number of halogens is 1. The number of ether oxygens (including phenoxy) is 1. The first-order valence-electron chi connectivity index (χ1n) is 8.93. The van der Waals surface area contributed by atoms with E-state index in [9.17, 15) is 19.1 Å². The van der Waals surface area contributed by atoms with E-state index in [2.05, 4.69) is 0 Å². The van der Waals surface area contributed by atoms with Gasteiger partial charge in [0.05, 0.1) is 12.0 Å². The number of rotatable bonds is 3. The van der Waals surface area contributed by atoms with Gasteiger partial charge in [-0.1, -0.05) is 12.1 Å². The summed E-state index contributed by atoms with van der Waals surface area (Å²) in [5.74, 6) is -0.982. The number of carboxylic acids is 1. The van der Waals surface area contributed by atoms with Crippen molar-refractivity contribution in [2.24, 2.45) is 23.7 Å². The lowest BCUT2D eigenvalue weighted by Crippen LogP contribution is -2.42. The number of likely N-dealkylation sites (tertiary alicyclic amines) is 1. The fourth-order valence-corrected chi connectivity index (χ4v) is 4.52. The number of carbonyl (C=O) groups is 2. The van der Waals surface area contributed by atoms with Gasteiger partial charge in [-0.05, 0) is 48.8 Å². The molecule has 1 N–H and O–H groups in total. The normalized spacial score (nSPS) is 34.3. The van der Waals surface area contributed by atoms with Crippen LogP contribution in [0, 0.1) is 29.5 Å². The molecule has 0 spiro atoms. The summed E-state index contributed by atoms with van der Waals surface area (Å²) in [7, 11) is 0. The summed E-state index contributed by atoms with van der Waals surface area (Å²) >= 11 is 0. The van der Waals surface area contributed by atoms with E-state index >= 15 is 0 Å². The van der Waals surface area contributed by atoms with Crippen molar-refractivity contribution in [2.45, 2.75) is 25.4 Å². The zero-order chi connectivity index (χ0) is 17.6. The molecule has 25 heavy (non-hydrogen) atoms. The third-order valence-electron chi connectivity index (χ3n) is 5.95. The molecule has 0 aromatic heterocycles. The van der Waals surface area contributed by atoms with Gasteiger partial charge in [0.15, 0.2) is 0 Å². The lowest BCUT2D eigenvalue weighted by molar-refractivity contribution is -0.142. The molecule has 5 nitrogen and oxygen atoms in total. The molecule has 3 fully saturated rings. The van der Waals surface area contributed by atoms with Crippen molar-refractivity contribution in [3.63, 3.8) is 0 Å². The highest BCUT2D eigenvalue weighted by molar-refractivity contribution is 5.80. The predicted octanol–water partition coefficient (Wildman–Crippen LogP) is 2.47. The molecule has 1 aliphatic carbocycles. The molecule has 0 unspecified atom stereocenters. The van der Waals surface area contributed by atoms with Crippen LogP contribution in [0.3, 0.4) is 0 Å². The Morgan fingerprint density at radius 1 is 1.24 bits per heavy atom.